The first-order valence-corrected chi connectivity index (χ1v) is 2.49. The van der Waals surface area contributed by atoms with Crippen molar-refractivity contribution in [2.75, 3.05) is 19.8 Å². The zero-order valence-electron chi connectivity index (χ0n) is 4.71. The van der Waals surface area contributed by atoms with Gasteiger partial charge in [-0.2, -0.15) is 0 Å². The van der Waals surface area contributed by atoms with Crippen molar-refractivity contribution >= 4 is 0 Å². The van der Waals surface area contributed by atoms with Gasteiger partial charge >= 0.3 is 0 Å². The average Bonchev–Trinajstić information content (AvgIpc) is 1.83. The second-order valence-electron chi connectivity index (χ2n) is 1.37. The van der Waals surface area contributed by atoms with Gasteiger partial charge in [-0.1, -0.05) is 0 Å². The Labute approximate surface area is 48.4 Å². The molecule has 5 N–H and O–H groups in total. The van der Waals surface area contributed by atoms with Crippen LogP contribution in [-0.2, 0) is 4.74 Å². The highest BCUT2D eigenvalue weighted by molar-refractivity contribution is 4.44. The number of aliphatic hydroxyl groups excluding tert-OH is 1. The Morgan fingerprint density at radius 2 is 2.25 bits per heavy atom. The van der Waals surface area contributed by atoms with Crippen LogP contribution in [-0.4, -0.2) is 31.1 Å². The quantitative estimate of drug-likeness (QED) is 0.384. The molecule has 0 aliphatic rings. The minimum Gasteiger partial charge on any atom is -0.394 e. The Balaban J connectivity index is 2.86. The molecule has 1 atom stereocenters. The highest BCUT2D eigenvalue weighted by Gasteiger charge is 1.94. The predicted molar refractivity (Wildman–Crippen MR) is 30.1 cm³/mol. The topological polar surface area (TPSA) is 81.5 Å². The Kier molecular flexibility index (Phi) is 4.89. The Hall–Kier alpha value is -0.160. The first-order chi connectivity index (χ1) is 3.81. The Bertz CT molecular complexity index is 51.3. The van der Waals surface area contributed by atoms with Crippen LogP contribution in [0.5, 0.6) is 0 Å². The summed E-state index contributed by atoms with van der Waals surface area (Å²) in [6, 6.07) is 0. The molecule has 0 fully saturated rings. The van der Waals surface area contributed by atoms with E-state index in [4.69, 9.17) is 21.3 Å². The molecule has 0 amide bonds. The van der Waals surface area contributed by atoms with Crippen LogP contribution in [0.25, 0.3) is 0 Å². The molecule has 50 valence electrons. The molecule has 0 radical (unpaired) electrons. The third-order valence-electron chi connectivity index (χ3n) is 0.656. The van der Waals surface area contributed by atoms with Gasteiger partial charge in [-0.05, 0) is 0 Å². The summed E-state index contributed by atoms with van der Waals surface area (Å²) < 4.78 is 4.74. The lowest BCUT2D eigenvalue weighted by Gasteiger charge is -2.07. The van der Waals surface area contributed by atoms with Crippen molar-refractivity contribution in [3.8, 4) is 0 Å². The number of ether oxygens (including phenoxy) is 1. The van der Waals surface area contributed by atoms with E-state index in [0.29, 0.717) is 6.54 Å². The fourth-order valence-electron chi connectivity index (χ4n) is 0.272. The maximum atomic E-state index is 8.19. The van der Waals surface area contributed by atoms with Crippen LogP contribution in [0, 0.1) is 0 Å². The summed E-state index contributed by atoms with van der Waals surface area (Å²) in [5.41, 5.74) is 10.3. The summed E-state index contributed by atoms with van der Waals surface area (Å²) in [6.45, 7) is 0.548. The van der Waals surface area contributed by atoms with Crippen molar-refractivity contribution in [2.24, 2.45) is 11.5 Å². The van der Waals surface area contributed by atoms with Crippen molar-refractivity contribution < 1.29 is 9.84 Å². The van der Waals surface area contributed by atoms with Gasteiger partial charge in [0.2, 0.25) is 0 Å². The molecule has 0 spiro atoms. The standard InChI is InChI=1S/C4H12N2O2/c5-3-4(6)8-2-1-7/h4,7H,1-3,5-6H2. The molecule has 0 aliphatic carbocycles. The van der Waals surface area contributed by atoms with E-state index >= 15 is 0 Å². The molecule has 0 saturated heterocycles. The predicted octanol–water partition coefficient (Wildman–Crippen LogP) is -1.76. The van der Waals surface area contributed by atoms with E-state index in [1.165, 1.54) is 0 Å². The molecule has 0 bridgehead atoms. The summed E-state index contributed by atoms with van der Waals surface area (Å²) in [5.74, 6) is 0. The van der Waals surface area contributed by atoms with E-state index in [9.17, 15) is 0 Å². The van der Waals surface area contributed by atoms with Gasteiger partial charge in [-0.3, -0.25) is 0 Å². The minimum absolute atomic E-state index is 0.00625. The highest BCUT2D eigenvalue weighted by Crippen LogP contribution is 1.75. The fraction of sp³-hybridized carbons (Fsp3) is 1.00. The summed E-state index contributed by atoms with van der Waals surface area (Å²) in [7, 11) is 0. The van der Waals surface area contributed by atoms with Gasteiger partial charge in [-0.15, -0.1) is 0 Å². The van der Waals surface area contributed by atoms with E-state index in [0.717, 1.165) is 0 Å². The molecule has 0 saturated carbocycles. The van der Waals surface area contributed by atoms with Crippen LogP contribution in [0.1, 0.15) is 0 Å². The summed E-state index contributed by atoms with van der Waals surface area (Å²) in [6.07, 6.45) is -0.429. The number of aliphatic hydroxyl groups is 1. The van der Waals surface area contributed by atoms with E-state index in [1.807, 2.05) is 0 Å². The second-order valence-corrected chi connectivity index (χ2v) is 1.37. The monoisotopic (exact) mass is 120 g/mol. The Morgan fingerprint density at radius 3 is 2.62 bits per heavy atom. The normalized spacial score (nSPS) is 13.9. The number of hydrogen-bond acceptors (Lipinski definition) is 4. The summed E-state index contributed by atoms with van der Waals surface area (Å²) in [4.78, 5) is 0. The van der Waals surface area contributed by atoms with Crippen molar-refractivity contribution in [3.05, 3.63) is 0 Å². The molecule has 0 aromatic rings. The van der Waals surface area contributed by atoms with Crippen LogP contribution in [0.2, 0.25) is 0 Å². The number of hydrogen-bond donors (Lipinski definition) is 3. The molecular weight excluding hydrogens is 108 g/mol. The molecule has 0 aromatic carbocycles. The highest BCUT2D eigenvalue weighted by atomic mass is 16.5. The third kappa shape index (κ3) is 4.01. The van der Waals surface area contributed by atoms with Crippen molar-refractivity contribution in [1.29, 1.82) is 0 Å². The van der Waals surface area contributed by atoms with Gasteiger partial charge in [0.1, 0.15) is 6.23 Å². The zero-order valence-corrected chi connectivity index (χ0v) is 4.71. The number of nitrogens with two attached hydrogens (primary N) is 2. The maximum Gasteiger partial charge on any atom is 0.118 e. The van der Waals surface area contributed by atoms with E-state index < -0.39 is 6.23 Å². The number of rotatable bonds is 4. The van der Waals surface area contributed by atoms with E-state index in [-0.39, 0.29) is 13.2 Å². The molecule has 0 rings (SSSR count). The lowest BCUT2D eigenvalue weighted by atomic mass is 10.6. The smallest absolute Gasteiger partial charge is 0.118 e. The van der Waals surface area contributed by atoms with Gasteiger partial charge in [0.25, 0.3) is 0 Å². The van der Waals surface area contributed by atoms with Crippen molar-refractivity contribution in [2.45, 2.75) is 6.23 Å². The lowest BCUT2D eigenvalue weighted by molar-refractivity contribution is 0.0374. The molecule has 8 heavy (non-hydrogen) atoms. The van der Waals surface area contributed by atoms with Crippen molar-refractivity contribution in [1.82, 2.24) is 0 Å². The molecule has 4 nitrogen and oxygen atoms in total. The average molecular weight is 120 g/mol. The van der Waals surface area contributed by atoms with Gasteiger partial charge < -0.3 is 21.3 Å². The largest absolute Gasteiger partial charge is 0.394 e. The molecule has 0 heterocycles. The summed E-state index contributed by atoms with van der Waals surface area (Å²) in [5, 5.41) is 8.19. The van der Waals surface area contributed by atoms with Gasteiger partial charge in [0.15, 0.2) is 0 Å². The van der Waals surface area contributed by atoms with Crippen LogP contribution < -0.4 is 11.5 Å². The fourth-order valence-corrected chi connectivity index (χ4v) is 0.272. The Morgan fingerprint density at radius 1 is 1.62 bits per heavy atom. The van der Waals surface area contributed by atoms with Gasteiger partial charge in [0, 0.05) is 6.54 Å². The van der Waals surface area contributed by atoms with Crippen LogP contribution in [0.15, 0.2) is 0 Å². The van der Waals surface area contributed by atoms with Crippen LogP contribution in [0.3, 0.4) is 0 Å². The first kappa shape index (κ1) is 7.84. The molecule has 0 aromatic heterocycles. The molecule has 4 heteroatoms. The van der Waals surface area contributed by atoms with Crippen LogP contribution in [0.4, 0.5) is 0 Å². The SMILES string of the molecule is NCC(N)OCCO. The van der Waals surface area contributed by atoms with E-state index in [1.54, 1.807) is 0 Å². The van der Waals surface area contributed by atoms with Crippen molar-refractivity contribution in [3.63, 3.8) is 0 Å². The third-order valence-corrected chi connectivity index (χ3v) is 0.656. The van der Waals surface area contributed by atoms with Gasteiger partial charge in [0.05, 0.1) is 13.2 Å². The lowest BCUT2D eigenvalue weighted by Crippen LogP contribution is -2.33. The molecular formula is C4H12N2O2. The molecule has 1 unspecified atom stereocenters. The summed E-state index contributed by atoms with van der Waals surface area (Å²) >= 11 is 0. The minimum atomic E-state index is -0.429. The zero-order chi connectivity index (χ0) is 6.41. The van der Waals surface area contributed by atoms with Crippen LogP contribution >= 0.6 is 0 Å². The molecule has 0 aliphatic heterocycles. The maximum absolute atomic E-state index is 8.19. The van der Waals surface area contributed by atoms with Gasteiger partial charge in [-0.25, -0.2) is 0 Å². The van der Waals surface area contributed by atoms with E-state index in [2.05, 4.69) is 0 Å². The second kappa shape index (κ2) is 4.99. The first-order valence-electron chi connectivity index (χ1n) is 2.49.